The first kappa shape index (κ1) is 18.0. The highest BCUT2D eigenvalue weighted by molar-refractivity contribution is 7.09. The van der Waals surface area contributed by atoms with Gasteiger partial charge < -0.3 is 16.0 Å². The first-order valence-corrected chi connectivity index (χ1v) is 8.96. The highest BCUT2D eigenvalue weighted by Crippen LogP contribution is 2.09. The lowest BCUT2D eigenvalue weighted by molar-refractivity contribution is 0.0963. The molecule has 1 aromatic carbocycles. The van der Waals surface area contributed by atoms with Crippen LogP contribution in [0.1, 0.15) is 27.7 Å². The van der Waals surface area contributed by atoms with E-state index < -0.39 is 0 Å². The van der Waals surface area contributed by atoms with Gasteiger partial charge in [-0.05, 0) is 42.5 Å². The number of guanidine groups is 1. The molecule has 0 atom stereocenters. The first-order valence-electron chi connectivity index (χ1n) is 8.08. The molecule has 0 aliphatic carbocycles. The minimum absolute atomic E-state index is 0.0596. The molecule has 0 fully saturated rings. The van der Waals surface area contributed by atoms with Crippen LogP contribution in [0.25, 0.3) is 0 Å². The van der Waals surface area contributed by atoms with Gasteiger partial charge in [-0.3, -0.25) is 4.79 Å². The SMILES string of the molecule is CCNC(=NCc1cccs1)NCCc1cccc(C(=O)NC)c1. The zero-order valence-electron chi connectivity index (χ0n) is 14.1. The zero-order valence-corrected chi connectivity index (χ0v) is 15.0. The number of aliphatic imine (C=N–C) groups is 1. The van der Waals surface area contributed by atoms with Gasteiger partial charge in [0, 0.05) is 30.6 Å². The van der Waals surface area contributed by atoms with E-state index in [1.54, 1.807) is 18.4 Å². The number of rotatable bonds is 7. The zero-order chi connectivity index (χ0) is 17.2. The van der Waals surface area contributed by atoms with Crippen LogP contribution < -0.4 is 16.0 Å². The number of hydrogen-bond acceptors (Lipinski definition) is 3. The second-order valence-corrected chi connectivity index (χ2v) is 6.26. The molecule has 3 N–H and O–H groups in total. The first-order chi connectivity index (χ1) is 11.7. The maximum atomic E-state index is 11.7. The molecule has 0 aliphatic heterocycles. The van der Waals surface area contributed by atoms with Crippen molar-refractivity contribution in [2.24, 2.45) is 4.99 Å². The Morgan fingerprint density at radius 3 is 2.79 bits per heavy atom. The molecule has 24 heavy (non-hydrogen) atoms. The molecule has 1 amide bonds. The fraction of sp³-hybridized carbons (Fsp3) is 0.333. The van der Waals surface area contributed by atoms with Crippen LogP contribution in [0.2, 0.25) is 0 Å². The highest BCUT2D eigenvalue weighted by atomic mass is 32.1. The van der Waals surface area contributed by atoms with Gasteiger partial charge in [0.2, 0.25) is 0 Å². The van der Waals surface area contributed by atoms with Gasteiger partial charge in [0.15, 0.2) is 5.96 Å². The predicted molar refractivity (Wildman–Crippen MR) is 101 cm³/mol. The molecule has 1 heterocycles. The van der Waals surface area contributed by atoms with Gasteiger partial charge in [0.05, 0.1) is 6.54 Å². The Morgan fingerprint density at radius 1 is 1.21 bits per heavy atom. The van der Waals surface area contributed by atoms with E-state index >= 15 is 0 Å². The average Bonchev–Trinajstić information content (AvgIpc) is 3.12. The van der Waals surface area contributed by atoms with Crippen molar-refractivity contribution in [3.8, 4) is 0 Å². The summed E-state index contributed by atoms with van der Waals surface area (Å²) >= 11 is 1.71. The number of carbonyl (C=O) groups is 1. The van der Waals surface area contributed by atoms with Crippen LogP contribution in [0.15, 0.2) is 46.8 Å². The fourth-order valence-electron chi connectivity index (χ4n) is 2.24. The van der Waals surface area contributed by atoms with E-state index in [1.165, 1.54) is 4.88 Å². The van der Waals surface area contributed by atoms with Crippen molar-refractivity contribution in [1.29, 1.82) is 0 Å². The Hall–Kier alpha value is -2.34. The molecule has 0 saturated heterocycles. The van der Waals surface area contributed by atoms with Gasteiger partial charge in [-0.1, -0.05) is 18.2 Å². The molecule has 0 saturated carbocycles. The molecular formula is C18H24N4OS. The third kappa shape index (κ3) is 5.70. The number of nitrogens with one attached hydrogen (secondary N) is 3. The molecule has 0 radical (unpaired) electrons. The van der Waals surface area contributed by atoms with Crippen LogP contribution >= 0.6 is 11.3 Å². The Labute approximate surface area is 147 Å². The van der Waals surface area contributed by atoms with Gasteiger partial charge in [-0.2, -0.15) is 0 Å². The summed E-state index contributed by atoms with van der Waals surface area (Å²) in [6, 6.07) is 11.8. The Balaban J connectivity index is 1.88. The van der Waals surface area contributed by atoms with Crippen molar-refractivity contribution >= 4 is 23.2 Å². The third-order valence-corrected chi connectivity index (χ3v) is 4.30. The molecule has 6 heteroatoms. The number of carbonyl (C=O) groups excluding carboxylic acids is 1. The smallest absolute Gasteiger partial charge is 0.251 e. The molecule has 2 rings (SSSR count). The van der Waals surface area contributed by atoms with Crippen LogP contribution in [-0.2, 0) is 13.0 Å². The number of nitrogens with zero attached hydrogens (tertiary/aromatic N) is 1. The van der Waals surface area contributed by atoms with Gasteiger partial charge in [0.25, 0.3) is 5.91 Å². The predicted octanol–water partition coefficient (Wildman–Crippen LogP) is 2.41. The maximum Gasteiger partial charge on any atom is 0.251 e. The molecule has 0 spiro atoms. The fourth-order valence-corrected chi connectivity index (χ4v) is 2.87. The minimum atomic E-state index is -0.0596. The van der Waals surface area contributed by atoms with Crippen molar-refractivity contribution in [3.05, 3.63) is 57.8 Å². The van der Waals surface area contributed by atoms with Crippen molar-refractivity contribution in [3.63, 3.8) is 0 Å². The van der Waals surface area contributed by atoms with Gasteiger partial charge in [0.1, 0.15) is 0 Å². The maximum absolute atomic E-state index is 11.7. The van der Waals surface area contributed by atoms with Crippen LogP contribution in [0.3, 0.4) is 0 Å². The molecule has 0 bridgehead atoms. The van der Waals surface area contributed by atoms with E-state index in [4.69, 9.17) is 0 Å². The van der Waals surface area contributed by atoms with Gasteiger partial charge in [-0.25, -0.2) is 4.99 Å². The third-order valence-electron chi connectivity index (χ3n) is 3.44. The second-order valence-electron chi connectivity index (χ2n) is 5.23. The topological polar surface area (TPSA) is 65.5 Å². The lowest BCUT2D eigenvalue weighted by Crippen LogP contribution is -2.38. The number of hydrogen-bond donors (Lipinski definition) is 3. The molecule has 128 valence electrons. The number of amides is 1. The summed E-state index contributed by atoms with van der Waals surface area (Å²) in [6.07, 6.45) is 0.828. The normalized spacial score (nSPS) is 11.2. The minimum Gasteiger partial charge on any atom is -0.357 e. The van der Waals surface area contributed by atoms with E-state index in [2.05, 4.69) is 39.3 Å². The van der Waals surface area contributed by atoms with Crippen molar-refractivity contribution in [1.82, 2.24) is 16.0 Å². The lowest BCUT2D eigenvalue weighted by atomic mass is 10.1. The van der Waals surface area contributed by atoms with E-state index in [-0.39, 0.29) is 5.91 Å². The molecule has 2 aromatic rings. The summed E-state index contributed by atoms with van der Waals surface area (Å²) in [4.78, 5) is 17.5. The lowest BCUT2D eigenvalue weighted by Gasteiger charge is -2.11. The van der Waals surface area contributed by atoms with Crippen molar-refractivity contribution < 1.29 is 4.79 Å². The van der Waals surface area contributed by atoms with Crippen molar-refractivity contribution in [2.75, 3.05) is 20.1 Å². The second kappa shape index (κ2) is 9.72. The molecule has 1 aromatic heterocycles. The van der Waals surface area contributed by atoms with Gasteiger partial charge in [-0.15, -0.1) is 11.3 Å². The Kier molecular flexibility index (Phi) is 7.29. The van der Waals surface area contributed by atoms with E-state index in [0.29, 0.717) is 12.1 Å². The summed E-state index contributed by atoms with van der Waals surface area (Å²) in [5.74, 6) is 0.754. The van der Waals surface area contributed by atoms with Crippen molar-refractivity contribution in [2.45, 2.75) is 19.9 Å². The van der Waals surface area contributed by atoms with Gasteiger partial charge >= 0.3 is 0 Å². The molecular weight excluding hydrogens is 320 g/mol. The monoisotopic (exact) mass is 344 g/mol. The Morgan fingerprint density at radius 2 is 2.08 bits per heavy atom. The van der Waals surface area contributed by atoms with E-state index in [0.717, 1.165) is 31.0 Å². The summed E-state index contributed by atoms with van der Waals surface area (Å²) < 4.78 is 0. The van der Waals surface area contributed by atoms with Crippen LogP contribution in [0, 0.1) is 0 Å². The highest BCUT2D eigenvalue weighted by Gasteiger charge is 2.04. The molecule has 0 unspecified atom stereocenters. The standard InChI is InChI=1S/C18H24N4OS/c1-3-20-18(22-13-16-8-5-11-24-16)21-10-9-14-6-4-7-15(12-14)17(23)19-2/h4-8,11-12H,3,9-10,13H2,1-2H3,(H,19,23)(H2,20,21,22). The largest absolute Gasteiger partial charge is 0.357 e. The van der Waals surface area contributed by atoms with Crippen LogP contribution in [0.4, 0.5) is 0 Å². The number of benzene rings is 1. The number of thiophene rings is 1. The summed E-state index contributed by atoms with van der Waals surface area (Å²) in [5.41, 5.74) is 1.81. The summed E-state index contributed by atoms with van der Waals surface area (Å²) in [5, 5.41) is 11.3. The quantitative estimate of drug-likeness (QED) is 0.534. The van der Waals surface area contributed by atoms with E-state index in [1.807, 2.05) is 30.3 Å². The average molecular weight is 344 g/mol. The summed E-state index contributed by atoms with van der Waals surface area (Å²) in [7, 11) is 1.64. The van der Waals surface area contributed by atoms with E-state index in [9.17, 15) is 4.79 Å². The van der Waals surface area contributed by atoms with Crippen LogP contribution in [-0.4, -0.2) is 32.0 Å². The molecule has 0 aliphatic rings. The van der Waals surface area contributed by atoms with Crippen LogP contribution in [0.5, 0.6) is 0 Å². The Bertz CT molecular complexity index is 667. The summed E-state index contributed by atoms with van der Waals surface area (Å²) in [6.45, 7) is 4.31. The molecule has 5 nitrogen and oxygen atoms in total.